The summed E-state index contributed by atoms with van der Waals surface area (Å²) in [6.07, 6.45) is 3.02. The SMILES string of the molecule is CCNC(=NCc1nccn1C(F)F)NCCc1ccccc1F.I. The molecule has 0 saturated heterocycles. The Hall–Kier alpha value is -1.78. The van der Waals surface area contributed by atoms with E-state index in [-0.39, 0.29) is 42.2 Å². The molecule has 0 aliphatic rings. The summed E-state index contributed by atoms with van der Waals surface area (Å²) < 4.78 is 39.9. The number of nitrogens with one attached hydrogen (secondary N) is 2. The molecule has 25 heavy (non-hydrogen) atoms. The van der Waals surface area contributed by atoms with Crippen molar-refractivity contribution in [2.45, 2.75) is 26.4 Å². The van der Waals surface area contributed by atoms with Gasteiger partial charge in [-0.15, -0.1) is 24.0 Å². The van der Waals surface area contributed by atoms with Gasteiger partial charge < -0.3 is 10.6 Å². The monoisotopic (exact) mass is 467 g/mol. The highest BCUT2D eigenvalue weighted by Gasteiger charge is 2.11. The van der Waals surface area contributed by atoms with Crippen LogP contribution in [0.2, 0.25) is 0 Å². The summed E-state index contributed by atoms with van der Waals surface area (Å²) in [4.78, 5) is 8.12. The first kappa shape index (κ1) is 21.3. The summed E-state index contributed by atoms with van der Waals surface area (Å²) in [7, 11) is 0. The Balaban J connectivity index is 0.00000312. The molecule has 0 bridgehead atoms. The van der Waals surface area contributed by atoms with E-state index in [1.807, 2.05) is 6.92 Å². The zero-order valence-electron chi connectivity index (χ0n) is 13.8. The van der Waals surface area contributed by atoms with Crippen molar-refractivity contribution in [1.29, 1.82) is 0 Å². The molecule has 0 spiro atoms. The van der Waals surface area contributed by atoms with Gasteiger partial charge in [-0.05, 0) is 25.0 Å². The molecule has 0 aliphatic carbocycles. The Labute approximate surface area is 161 Å². The summed E-state index contributed by atoms with van der Waals surface area (Å²) >= 11 is 0. The number of halogens is 4. The van der Waals surface area contributed by atoms with Gasteiger partial charge in [0.1, 0.15) is 18.2 Å². The van der Waals surface area contributed by atoms with Crippen molar-refractivity contribution in [3.8, 4) is 0 Å². The van der Waals surface area contributed by atoms with E-state index < -0.39 is 6.55 Å². The molecule has 5 nitrogen and oxygen atoms in total. The van der Waals surface area contributed by atoms with Crippen molar-refractivity contribution in [2.24, 2.45) is 4.99 Å². The number of benzene rings is 1. The van der Waals surface area contributed by atoms with Crippen molar-refractivity contribution in [2.75, 3.05) is 13.1 Å². The third kappa shape index (κ3) is 6.56. The predicted octanol–water partition coefficient (Wildman–Crippen LogP) is 3.33. The van der Waals surface area contributed by atoms with Crippen LogP contribution in [0, 0.1) is 5.82 Å². The van der Waals surface area contributed by atoms with Gasteiger partial charge in [0.15, 0.2) is 5.96 Å². The first-order valence-corrected chi connectivity index (χ1v) is 7.67. The van der Waals surface area contributed by atoms with Gasteiger partial charge in [0.2, 0.25) is 0 Å². The Morgan fingerprint density at radius 3 is 2.72 bits per heavy atom. The first-order chi connectivity index (χ1) is 11.6. The fourth-order valence-electron chi connectivity index (χ4n) is 2.15. The summed E-state index contributed by atoms with van der Waals surface area (Å²) in [5.74, 6) is 0.397. The van der Waals surface area contributed by atoms with E-state index >= 15 is 0 Å². The number of guanidine groups is 1. The van der Waals surface area contributed by atoms with Crippen LogP contribution in [-0.2, 0) is 13.0 Å². The largest absolute Gasteiger partial charge is 0.357 e. The Bertz CT molecular complexity index is 675. The minimum atomic E-state index is -2.64. The molecule has 0 radical (unpaired) electrons. The normalized spacial score (nSPS) is 11.3. The lowest BCUT2D eigenvalue weighted by Crippen LogP contribution is -2.38. The van der Waals surface area contributed by atoms with Gasteiger partial charge in [0, 0.05) is 25.5 Å². The second-order valence-electron chi connectivity index (χ2n) is 4.99. The van der Waals surface area contributed by atoms with E-state index in [2.05, 4.69) is 20.6 Å². The van der Waals surface area contributed by atoms with Gasteiger partial charge in [0.25, 0.3) is 0 Å². The minimum absolute atomic E-state index is 0. The molecule has 9 heteroatoms. The quantitative estimate of drug-likeness (QED) is 0.373. The van der Waals surface area contributed by atoms with E-state index in [0.717, 1.165) is 4.57 Å². The maximum absolute atomic E-state index is 13.6. The van der Waals surface area contributed by atoms with Crippen LogP contribution in [0.4, 0.5) is 13.2 Å². The lowest BCUT2D eigenvalue weighted by atomic mass is 10.1. The molecule has 1 heterocycles. The van der Waals surface area contributed by atoms with Gasteiger partial charge in [-0.3, -0.25) is 4.57 Å². The van der Waals surface area contributed by atoms with Crippen LogP contribution >= 0.6 is 24.0 Å². The molecule has 0 amide bonds. The highest BCUT2D eigenvalue weighted by Crippen LogP contribution is 2.12. The molecule has 138 valence electrons. The van der Waals surface area contributed by atoms with Crippen LogP contribution in [0.5, 0.6) is 0 Å². The summed E-state index contributed by atoms with van der Waals surface area (Å²) in [6.45, 7) is 0.361. The van der Waals surface area contributed by atoms with Crippen LogP contribution in [0.15, 0.2) is 41.7 Å². The molecule has 2 rings (SSSR count). The first-order valence-electron chi connectivity index (χ1n) is 7.67. The Morgan fingerprint density at radius 2 is 2.04 bits per heavy atom. The molecule has 0 saturated carbocycles. The lowest BCUT2D eigenvalue weighted by molar-refractivity contribution is 0.0671. The summed E-state index contributed by atoms with van der Waals surface area (Å²) in [5.41, 5.74) is 0.606. The van der Waals surface area contributed by atoms with Crippen molar-refractivity contribution < 1.29 is 13.2 Å². The van der Waals surface area contributed by atoms with E-state index in [9.17, 15) is 13.2 Å². The molecular formula is C16H21F3IN5. The Kier molecular flexibility index (Phi) is 9.32. The third-order valence-electron chi connectivity index (χ3n) is 3.33. The molecule has 2 aromatic rings. The average molecular weight is 467 g/mol. The average Bonchev–Trinajstić information content (AvgIpc) is 3.03. The fourth-order valence-corrected chi connectivity index (χ4v) is 2.15. The zero-order chi connectivity index (χ0) is 17.4. The number of imidazole rings is 1. The number of aromatic nitrogens is 2. The molecule has 1 aromatic carbocycles. The number of rotatable bonds is 7. The number of nitrogens with zero attached hydrogens (tertiary/aromatic N) is 3. The maximum Gasteiger partial charge on any atom is 0.319 e. The number of hydrogen-bond donors (Lipinski definition) is 2. The molecule has 0 fully saturated rings. The van der Waals surface area contributed by atoms with E-state index in [4.69, 9.17) is 0 Å². The topological polar surface area (TPSA) is 54.2 Å². The third-order valence-corrected chi connectivity index (χ3v) is 3.33. The van der Waals surface area contributed by atoms with Crippen LogP contribution in [0.1, 0.15) is 24.9 Å². The van der Waals surface area contributed by atoms with E-state index in [1.165, 1.54) is 18.5 Å². The van der Waals surface area contributed by atoms with Gasteiger partial charge in [-0.1, -0.05) is 18.2 Å². The van der Waals surface area contributed by atoms with Crippen molar-refractivity contribution >= 4 is 29.9 Å². The van der Waals surface area contributed by atoms with Crippen molar-refractivity contribution in [1.82, 2.24) is 20.2 Å². The molecule has 0 atom stereocenters. The van der Waals surface area contributed by atoms with Crippen LogP contribution in [-0.4, -0.2) is 28.6 Å². The van der Waals surface area contributed by atoms with E-state index in [0.29, 0.717) is 31.0 Å². The second-order valence-corrected chi connectivity index (χ2v) is 4.99. The van der Waals surface area contributed by atoms with Gasteiger partial charge in [-0.25, -0.2) is 14.4 Å². The second kappa shape index (κ2) is 11.0. The smallest absolute Gasteiger partial charge is 0.319 e. The molecule has 0 aliphatic heterocycles. The van der Waals surface area contributed by atoms with Gasteiger partial charge >= 0.3 is 6.55 Å². The summed E-state index contributed by atoms with van der Waals surface area (Å²) in [5, 5.41) is 6.07. The standard InChI is InChI=1S/C16H20F3N5.HI/c1-2-20-16(22-8-7-12-5-3-4-6-13(12)17)23-11-14-21-9-10-24(14)15(18)19;/h3-6,9-10,15H,2,7-8,11H2,1H3,(H2,20,22,23);1H. The van der Waals surface area contributed by atoms with Crippen LogP contribution in [0.25, 0.3) is 0 Å². The highest BCUT2D eigenvalue weighted by molar-refractivity contribution is 14.0. The highest BCUT2D eigenvalue weighted by atomic mass is 127. The van der Waals surface area contributed by atoms with Gasteiger partial charge in [0.05, 0.1) is 0 Å². The molecule has 1 aromatic heterocycles. The maximum atomic E-state index is 13.6. The Morgan fingerprint density at radius 1 is 1.28 bits per heavy atom. The van der Waals surface area contributed by atoms with Crippen LogP contribution in [0.3, 0.4) is 0 Å². The molecule has 2 N–H and O–H groups in total. The number of aliphatic imine (C=N–C) groups is 1. The van der Waals surface area contributed by atoms with Gasteiger partial charge in [-0.2, -0.15) is 8.78 Å². The number of hydrogen-bond acceptors (Lipinski definition) is 2. The predicted molar refractivity (Wildman–Crippen MR) is 102 cm³/mol. The summed E-state index contributed by atoms with van der Waals surface area (Å²) in [6, 6.07) is 6.56. The van der Waals surface area contributed by atoms with Crippen molar-refractivity contribution in [3.63, 3.8) is 0 Å². The molecule has 0 unspecified atom stereocenters. The number of alkyl halides is 2. The zero-order valence-corrected chi connectivity index (χ0v) is 16.1. The van der Waals surface area contributed by atoms with E-state index in [1.54, 1.807) is 18.2 Å². The fraction of sp³-hybridized carbons (Fsp3) is 0.375. The minimum Gasteiger partial charge on any atom is -0.357 e. The lowest BCUT2D eigenvalue weighted by Gasteiger charge is -2.12. The van der Waals surface area contributed by atoms with Crippen molar-refractivity contribution in [3.05, 3.63) is 53.9 Å². The van der Waals surface area contributed by atoms with Crippen LogP contribution < -0.4 is 10.6 Å². The molecular weight excluding hydrogens is 446 g/mol.